The van der Waals surface area contributed by atoms with E-state index < -0.39 is 0 Å². The van der Waals surface area contributed by atoms with Gasteiger partial charge in [0.15, 0.2) is 0 Å². The molecule has 2 aromatic heterocycles. The van der Waals surface area contributed by atoms with Crippen molar-refractivity contribution in [1.82, 2.24) is 19.5 Å². The van der Waals surface area contributed by atoms with E-state index in [-0.39, 0.29) is 5.97 Å². The molecule has 9 nitrogen and oxygen atoms in total. The molecular weight excluding hydrogens is 456 g/mol. The zero-order valence-electron chi connectivity index (χ0n) is 20.4. The Morgan fingerprint density at radius 2 is 1.81 bits per heavy atom. The van der Waals surface area contributed by atoms with E-state index >= 15 is 0 Å². The Balaban J connectivity index is 1.38. The number of ether oxygens (including phenoxy) is 2. The number of esters is 1. The van der Waals surface area contributed by atoms with Crippen LogP contribution < -0.4 is 10.2 Å². The molecule has 1 N–H and O–H groups in total. The van der Waals surface area contributed by atoms with Crippen LogP contribution in [0.3, 0.4) is 0 Å². The number of aryl methyl sites for hydroxylation is 1. The molecule has 9 heteroatoms. The molecule has 184 valence electrons. The van der Waals surface area contributed by atoms with E-state index in [2.05, 4.69) is 39.9 Å². The molecule has 0 bridgehead atoms. The molecule has 0 unspecified atom stereocenters. The fourth-order valence-electron chi connectivity index (χ4n) is 4.67. The van der Waals surface area contributed by atoms with Crippen molar-refractivity contribution in [2.75, 3.05) is 43.6 Å². The lowest BCUT2D eigenvalue weighted by atomic mass is 10.1. The van der Waals surface area contributed by atoms with Crippen molar-refractivity contribution in [1.29, 1.82) is 0 Å². The van der Waals surface area contributed by atoms with Crippen LogP contribution in [0.1, 0.15) is 35.1 Å². The van der Waals surface area contributed by atoms with Crippen LogP contribution in [-0.2, 0) is 9.47 Å². The largest absolute Gasteiger partial charge is 0.465 e. The topological polar surface area (TPSA) is 94.4 Å². The summed E-state index contributed by atoms with van der Waals surface area (Å²) in [6.07, 6.45) is 2.40. The maximum atomic E-state index is 11.8. The average molecular weight is 485 g/mol. The summed E-state index contributed by atoms with van der Waals surface area (Å²) in [5, 5.41) is 3.38. The number of hydrogen-bond donors (Lipinski definition) is 1. The van der Waals surface area contributed by atoms with Gasteiger partial charge in [0, 0.05) is 36.4 Å². The normalized spacial score (nSPS) is 15.8. The predicted octanol–water partition coefficient (Wildman–Crippen LogP) is 4.50. The minimum Gasteiger partial charge on any atom is -0.465 e. The molecule has 6 rings (SSSR count). The second-order valence-corrected chi connectivity index (χ2v) is 9.20. The molecule has 36 heavy (non-hydrogen) atoms. The SMILES string of the molecule is COC(=O)c1ccc(Nc2cc(-c3ccc4nc(C)n(C5CC5)c4c3)nc(N3CCOCC3)n2)cc1. The Labute approximate surface area is 209 Å². The Bertz CT molecular complexity index is 1420. The van der Waals surface area contributed by atoms with Crippen LogP contribution in [0, 0.1) is 6.92 Å². The summed E-state index contributed by atoms with van der Waals surface area (Å²) in [7, 11) is 1.38. The van der Waals surface area contributed by atoms with Crippen LogP contribution in [-0.4, -0.2) is 58.9 Å². The molecule has 2 aliphatic rings. The fourth-order valence-corrected chi connectivity index (χ4v) is 4.67. The highest BCUT2D eigenvalue weighted by Gasteiger charge is 2.27. The summed E-state index contributed by atoms with van der Waals surface area (Å²) in [4.78, 5) is 28.5. The van der Waals surface area contributed by atoms with Crippen LogP contribution in [0.5, 0.6) is 0 Å². The highest BCUT2D eigenvalue weighted by atomic mass is 16.5. The molecule has 2 aromatic carbocycles. The van der Waals surface area contributed by atoms with Gasteiger partial charge in [-0.3, -0.25) is 0 Å². The van der Waals surface area contributed by atoms with E-state index in [4.69, 9.17) is 24.4 Å². The monoisotopic (exact) mass is 484 g/mol. The smallest absolute Gasteiger partial charge is 0.337 e. The van der Waals surface area contributed by atoms with E-state index in [1.807, 2.05) is 18.2 Å². The third-order valence-electron chi connectivity index (χ3n) is 6.66. The number of fused-ring (bicyclic) bond motifs is 1. The second kappa shape index (κ2) is 9.23. The van der Waals surface area contributed by atoms with Crippen molar-refractivity contribution < 1.29 is 14.3 Å². The number of benzene rings is 2. The molecule has 0 radical (unpaired) electrons. The van der Waals surface area contributed by atoms with Crippen LogP contribution in [0.15, 0.2) is 48.5 Å². The van der Waals surface area contributed by atoms with Gasteiger partial charge in [0.1, 0.15) is 11.6 Å². The van der Waals surface area contributed by atoms with Gasteiger partial charge < -0.3 is 24.3 Å². The van der Waals surface area contributed by atoms with Crippen molar-refractivity contribution in [3.8, 4) is 11.3 Å². The standard InChI is InChI=1S/C27H28N6O3/c1-17-28-22-10-5-19(15-24(22)33(17)21-8-9-21)23-16-25(31-27(30-23)32-11-13-36-14-12-32)29-20-6-3-18(4-7-20)26(34)35-2/h3-7,10,15-16,21H,8-9,11-14H2,1-2H3,(H,29,30,31). The highest BCUT2D eigenvalue weighted by Crippen LogP contribution is 2.39. The van der Waals surface area contributed by atoms with Gasteiger partial charge in [-0.2, -0.15) is 4.98 Å². The van der Waals surface area contributed by atoms with E-state index in [0.29, 0.717) is 36.6 Å². The fraction of sp³-hybridized carbons (Fsp3) is 0.333. The third kappa shape index (κ3) is 4.37. The number of aromatic nitrogens is 4. The van der Waals surface area contributed by atoms with E-state index in [9.17, 15) is 4.79 Å². The molecule has 1 saturated heterocycles. The Hall–Kier alpha value is -3.98. The van der Waals surface area contributed by atoms with Gasteiger partial charge >= 0.3 is 5.97 Å². The lowest BCUT2D eigenvalue weighted by molar-refractivity contribution is 0.0600. The van der Waals surface area contributed by atoms with Gasteiger partial charge in [0.05, 0.1) is 42.6 Å². The van der Waals surface area contributed by atoms with Gasteiger partial charge in [-0.1, -0.05) is 6.07 Å². The Morgan fingerprint density at radius 3 is 2.53 bits per heavy atom. The first-order chi connectivity index (χ1) is 17.6. The molecular formula is C27H28N6O3. The molecule has 1 aliphatic heterocycles. The Kier molecular flexibility index (Phi) is 5.77. The van der Waals surface area contributed by atoms with Crippen LogP contribution in [0.25, 0.3) is 22.3 Å². The van der Waals surface area contributed by atoms with Crippen molar-refractivity contribution in [2.45, 2.75) is 25.8 Å². The molecule has 0 atom stereocenters. The summed E-state index contributed by atoms with van der Waals surface area (Å²) in [5.41, 5.74) is 5.32. The van der Waals surface area contributed by atoms with Crippen LogP contribution in [0.2, 0.25) is 0 Å². The highest BCUT2D eigenvalue weighted by molar-refractivity contribution is 5.90. The summed E-state index contributed by atoms with van der Waals surface area (Å²) >= 11 is 0. The lowest BCUT2D eigenvalue weighted by Gasteiger charge is -2.27. The number of rotatable bonds is 6. The van der Waals surface area contributed by atoms with E-state index in [1.54, 1.807) is 12.1 Å². The summed E-state index contributed by atoms with van der Waals surface area (Å²) < 4.78 is 12.7. The number of imidazole rings is 1. The second-order valence-electron chi connectivity index (χ2n) is 9.20. The van der Waals surface area contributed by atoms with Crippen molar-refractivity contribution >= 4 is 34.5 Å². The van der Waals surface area contributed by atoms with E-state index in [0.717, 1.165) is 46.9 Å². The summed E-state index contributed by atoms with van der Waals surface area (Å²) in [5.74, 6) is 2.03. The first-order valence-corrected chi connectivity index (χ1v) is 12.3. The zero-order chi connectivity index (χ0) is 24.6. The van der Waals surface area contributed by atoms with Crippen molar-refractivity contribution in [3.05, 3.63) is 59.9 Å². The van der Waals surface area contributed by atoms with E-state index in [1.165, 1.54) is 20.0 Å². The maximum absolute atomic E-state index is 11.8. The van der Waals surface area contributed by atoms with Gasteiger partial charge in [-0.15, -0.1) is 0 Å². The number of carbonyl (C=O) groups is 1. The third-order valence-corrected chi connectivity index (χ3v) is 6.66. The number of morpholine rings is 1. The molecule has 2 fully saturated rings. The predicted molar refractivity (Wildman–Crippen MR) is 138 cm³/mol. The van der Waals surface area contributed by atoms with Crippen molar-refractivity contribution in [3.63, 3.8) is 0 Å². The molecule has 0 amide bonds. The first kappa shape index (κ1) is 22.5. The Morgan fingerprint density at radius 1 is 1.03 bits per heavy atom. The van der Waals surface area contributed by atoms with Gasteiger partial charge in [-0.05, 0) is 56.2 Å². The zero-order valence-corrected chi connectivity index (χ0v) is 20.4. The summed E-state index contributed by atoms with van der Waals surface area (Å²) in [6, 6.07) is 16.0. The average Bonchev–Trinajstić information content (AvgIpc) is 3.69. The van der Waals surface area contributed by atoms with Crippen LogP contribution in [0.4, 0.5) is 17.5 Å². The number of nitrogens with one attached hydrogen (secondary N) is 1. The molecule has 1 aliphatic carbocycles. The summed E-state index contributed by atoms with van der Waals surface area (Å²) in [6.45, 7) is 4.85. The number of hydrogen-bond acceptors (Lipinski definition) is 8. The number of nitrogens with zero attached hydrogens (tertiary/aromatic N) is 5. The van der Waals surface area contributed by atoms with Gasteiger partial charge in [-0.25, -0.2) is 14.8 Å². The minimum atomic E-state index is -0.364. The molecule has 1 saturated carbocycles. The minimum absolute atomic E-state index is 0.364. The van der Waals surface area contributed by atoms with Crippen LogP contribution >= 0.6 is 0 Å². The van der Waals surface area contributed by atoms with Crippen molar-refractivity contribution in [2.24, 2.45) is 0 Å². The molecule has 0 spiro atoms. The number of methoxy groups -OCH3 is 1. The lowest BCUT2D eigenvalue weighted by Crippen LogP contribution is -2.37. The number of anilines is 3. The first-order valence-electron chi connectivity index (χ1n) is 12.3. The molecule has 4 aromatic rings. The maximum Gasteiger partial charge on any atom is 0.337 e. The quantitative estimate of drug-likeness (QED) is 0.400. The van der Waals surface area contributed by atoms with Gasteiger partial charge in [0.25, 0.3) is 0 Å². The molecule has 3 heterocycles. The number of carbonyl (C=O) groups excluding carboxylic acids is 1. The van der Waals surface area contributed by atoms with Gasteiger partial charge in [0.2, 0.25) is 5.95 Å².